The van der Waals surface area contributed by atoms with E-state index in [1.807, 2.05) is 0 Å². The van der Waals surface area contributed by atoms with Crippen molar-refractivity contribution in [2.45, 2.75) is 19.4 Å². The van der Waals surface area contributed by atoms with Gasteiger partial charge in [0.05, 0.1) is 4.47 Å². The molecule has 20 heavy (non-hydrogen) atoms. The van der Waals surface area contributed by atoms with E-state index in [0.717, 1.165) is 0 Å². The Morgan fingerprint density at radius 1 is 1.45 bits per heavy atom. The van der Waals surface area contributed by atoms with Gasteiger partial charge >= 0.3 is 12.0 Å². The Bertz CT molecular complexity index is 524. The summed E-state index contributed by atoms with van der Waals surface area (Å²) in [4.78, 5) is 21.9. The predicted molar refractivity (Wildman–Crippen MR) is 74.1 cm³/mol. The van der Waals surface area contributed by atoms with Gasteiger partial charge in [0.25, 0.3) is 0 Å². The van der Waals surface area contributed by atoms with Gasteiger partial charge in [0, 0.05) is 18.7 Å². The van der Waals surface area contributed by atoms with E-state index in [9.17, 15) is 14.0 Å². The van der Waals surface area contributed by atoms with E-state index in [2.05, 4.69) is 26.6 Å². The third kappa shape index (κ3) is 4.78. The fraction of sp³-hybridized carbons (Fsp3) is 0.333. The minimum atomic E-state index is -1.53. The van der Waals surface area contributed by atoms with Crippen LogP contribution in [0.15, 0.2) is 16.6 Å². The fourth-order valence-corrected chi connectivity index (χ4v) is 1.85. The van der Waals surface area contributed by atoms with E-state index in [1.165, 1.54) is 12.1 Å². The number of carbonyl (C=O) groups excluding carboxylic acids is 1. The molecular formula is C12H14BrFN2O4. The smallest absolute Gasteiger partial charge is 0.332 e. The van der Waals surface area contributed by atoms with Crippen LogP contribution in [0.3, 0.4) is 0 Å². The number of aryl methyl sites for hydroxylation is 1. The molecule has 1 aromatic rings. The Balaban J connectivity index is 2.51. The molecule has 2 amide bonds. The normalized spacial score (nSPS) is 11.8. The highest BCUT2D eigenvalue weighted by Crippen LogP contribution is 2.23. The van der Waals surface area contributed by atoms with Crippen LogP contribution in [-0.2, 0) is 4.79 Å². The van der Waals surface area contributed by atoms with E-state index in [-0.39, 0.29) is 13.0 Å². The molecule has 0 heterocycles. The summed E-state index contributed by atoms with van der Waals surface area (Å²) < 4.78 is 13.6. The SMILES string of the molecule is Cc1cc(Br)c(F)cc1NC(=O)NCCC(O)C(=O)O. The predicted octanol–water partition coefficient (Wildman–Crippen LogP) is 1.85. The zero-order valence-electron chi connectivity index (χ0n) is 10.6. The zero-order chi connectivity index (χ0) is 15.3. The maximum Gasteiger partial charge on any atom is 0.332 e. The number of carboxylic acid groups (broad SMARTS) is 1. The van der Waals surface area contributed by atoms with Crippen LogP contribution in [0.4, 0.5) is 14.9 Å². The van der Waals surface area contributed by atoms with Crippen LogP contribution in [0.1, 0.15) is 12.0 Å². The lowest BCUT2D eigenvalue weighted by molar-refractivity contribution is -0.146. The summed E-state index contributed by atoms with van der Waals surface area (Å²) in [5.41, 5.74) is 0.973. The van der Waals surface area contributed by atoms with Gasteiger partial charge in [-0.1, -0.05) is 0 Å². The number of rotatable bonds is 5. The number of halogens is 2. The number of anilines is 1. The summed E-state index contributed by atoms with van der Waals surface area (Å²) in [6, 6.07) is 2.09. The van der Waals surface area contributed by atoms with Crippen LogP contribution in [0.2, 0.25) is 0 Å². The van der Waals surface area contributed by atoms with Crippen LogP contribution >= 0.6 is 15.9 Å². The molecule has 0 bridgehead atoms. The molecule has 0 spiro atoms. The zero-order valence-corrected chi connectivity index (χ0v) is 12.2. The Hall–Kier alpha value is -1.67. The van der Waals surface area contributed by atoms with Crippen LogP contribution in [0.25, 0.3) is 0 Å². The molecule has 0 saturated carbocycles. The molecule has 1 rings (SSSR count). The number of hydrogen-bond donors (Lipinski definition) is 4. The van der Waals surface area contributed by atoms with Gasteiger partial charge in [-0.2, -0.15) is 0 Å². The summed E-state index contributed by atoms with van der Waals surface area (Å²) in [5.74, 6) is -1.86. The molecule has 0 aliphatic heterocycles. The van der Waals surface area contributed by atoms with E-state index < -0.39 is 23.9 Å². The Morgan fingerprint density at radius 3 is 2.70 bits per heavy atom. The lowest BCUT2D eigenvalue weighted by Crippen LogP contribution is -2.33. The van der Waals surface area contributed by atoms with Gasteiger partial charge in [0.15, 0.2) is 6.10 Å². The topological polar surface area (TPSA) is 98.7 Å². The molecular weight excluding hydrogens is 335 g/mol. The standard InChI is InChI=1S/C12H14BrFN2O4/c1-6-4-7(13)8(14)5-9(6)16-12(20)15-3-2-10(17)11(18)19/h4-5,10,17H,2-3H2,1H3,(H,18,19)(H2,15,16,20). The third-order valence-electron chi connectivity index (χ3n) is 2.50. The van der Waals surface area contributed by atoms with Crippen molar-refractivity contribution < 1.29 is 24.2 Å². The lowest BCUT2D eigenvalue weighted by atomic mass is 10.2. The van der Waals surface area contributed by atoms with Crippen molar-refractivity contribution in [1.82, 2.24) is 5.32 Å². The molecule has 0 aliphatic rings. The van der Waals surface area contributed by atoms with Crippen LogP contribution in [-0.4, -0.2) is 34.9 Å². The number of amides is 2. The maximum atomic E-state index is 13.3. The molecule has 8 heteroatoms. The van der Waals surface area contributed by atoms with Gasteiger partial charge in [-0.15, -0.1) is 0 Å². The van der Waals surface area contributed by atoms with Crippen LogP contribution in [0, 0.1) is 12.7 Å². The van der Waals surface area contributed by atoms with Crippen LogP contribution in [0.5, 0.6) is 0 Å². The number of aliphatic hydroxyl groups is 1. The fourth-order valence-electron chi connectivity index (χ4n) is 1.39. The first kappa shape index (κ1) is 16.4. The van der Waals surface area contributed by atoms with Crippen molar-refractivity contribution in [3.63, 3.8) is 0 Å². The van der Waals surface area contributed by atoms with Gasteiger partial charge in [0.1, 0.15) is 5.82 Å². The highest BCUT2D eigenvalue weighted by atomic mass is 79.9. The first-order valence-corrected chi connectivity index (χ1v) is 6.52. The van der Waals surface area contributed by atoms with E-state index in [0.29, 0.717) is 15.7 Å². The molecule has 1 aromatic carbocycles. The number of nitrogens with one attached hydrogen (secondary N) is 2. The number of urea groups is 1. The van der Waals surface area contributed by atoms with Gasteiger partial charge < -0.3 is 20.8 Å². The molecule has 0 fully saturated rings. The minimum absolute atomic E-state index is 0.0165. The number of carboxylic acids is 1. The first-order chi connectivity index (χ1) is 9.31. The highest BCUT2D eigenvalue weighted by molar-refractivity contribution is 9.10. The highest BCUT2D eigenvalue weighted by Gasteiger charge is 2.13. The molecule has 0 radical (unpaired) electrons. The van der Waals surface area contributed by atoms with Gasteiger partial charge in [-0.05, 0) is 40.5 Å². The van der Waals surface area contributed by atoms with Gasteiger partial charge in [0.2, 0.25) is 0 Å². The Labute approximate surface area is 123 Å². The molecule has 4 N–H and O–H groups in total. The number of carbonyl (C=O) groups is 2. The van der Waals surface area contributed by atoms with Crippen molar-refractivity contribution in [3.8, 4) is 0 Å². The van der Waals surface area contributed by atoms with E-state index >= 15 is 0 Å². The number of aliphatic carboxylic acids is 1. The monoisotopic (exact) mass is 348 g/mol. The average molecular weight is 349 g/mol. The molecule has 1 atom stereocenters. The molecule has 1 unspecified atom stereocenters. The largest absolute Gasteiger partial charge is 0.479 e. The summed E-state index contributed by atoms with van der Waals surface area (Å²) in [6.45, 7) is 1.69. The van der Waals surface area contributed by atoms with Crippen molar-refractivity contribution in [2.24, 2.45) is 0 Å². The Kier molecular flexibility index (Phi) is 5.90. The molecule has 0 aromatic heterocycles. The van der Waals surface area contributed by atoms with E-state index in [4.69, 9.17) is 10.2 Å². The number of aliphatic hydroxyl groups excluding tert-OH is 1. The first-order valence-electron chi connectivity index (χ1n) is 5.72. The molecule has 0 saturated heterocycles. The van der Waals surface area contributed by atoms with Crippen molar-refractivity contribution in [2.75, 3.05) is 11.9 Å². The van der Waals surface area contributed by atoms with Crippen LogP contribution < -0.4 is 10.6 Å². The molecule has 110 valence electrons. The van der Waals surface area contributed by atoms with Gasteiger partial charge in [-0.3, -0.25) is 0 Å². The number of hydrogen-bond acceptors (Lipinski definition) is 3. The molecule has 0 aliphatic carbocycles. The second-order valence-electron chi connectivity index (χ2n) is 4.10. The van der Waals surface area contributed by atoms with Crippen molar-refractivity contribution >= 4 is 33.6 Å². The maximum absolute atomic E-state index is 13.3. The summed E-state index contributed by atoms with van der Waals surface area (Å²) in [7, 11) is 0. The molecule has 6 nitrogen and oxygen atoms in total. The second-order valence-corrected chi connectivity index (χ2v) is 4.96. The summed E-state index contributed by atoms with van der Waals surface area (Å²) in [5, 5.41) is 22.3. The van der Waals surface area contributed by atoms with Gasteiger partial charge in [-0.25, -0.2) is 14.0 Å². The van der Waals surface area contributed by atoms with Crippen molar-refractivity contribution in [1.29, 1.82) is 0 Å². The summed E-state index contributed by atoms with van der Waals surface area (Å²) >= 11 is 3.03. The average Bonchev–Trinajstić information content (AvgIpc) is 2.35. The lowest BCUT2D eigenvalue weighted by Gasteiger charge is -2.11. The van der Waals surface area contributed by atoms with Crippen molar-refractivity contribution in [3.05, 3.63) is 28.0 Å². The number of benzene rings is 1. The third-order valence-corrected chi connectivity index (χ3v) is 3.11. The minimum Gasteiger partial charge on any atom is -0.479 e. The quantitative estimate of drug-likeness (QED) is 0.652. The Morgan fingerprint density at radius 2 is 2.10 bits per heavy atom. The summed E-state index contributed by atoms with van der Waals surface area (Å²) in [6.07, 6.45) is -1.64. The second kappa shape index (κ2) is 7.20. The van der Waals surface area contributed by atoms with E-state index in [1.54, 1.807) is 6.92 Å².